The van der Waals surface area contributed by atoms with E-state index in [2.05, 4.69) is 61.5 Å². The molecule has 0 N–H and O–H groups in total. The summed E-state index contributed by atoms with van der Waals surface area (Å²) in [6, 6.07) is 20.9. The highest BCUT2D eigenvalue weighted by Gasteiger charge is 2.80. The van der Waals surface area contributed by atoms with Crippen molar-refractivity contribution in [1.29, 1.82) is 0 Å². The normalized spacial score (nSPS) is 26.4. The fraction of sp³-hybridized carbons (Fsp3) is 0.238. The summed E-state index contributed by atoms with van der Waals surface area (Å²) in [6.07, 6.45) is 0.831. The molecule has 5 rings (SSSR count). The van der Waals surface area contributed by atoms with Gasteiger partial charge in [-0.05, 0) is 35.7 Å². The summed E-state index contributed by atoms with van der Waals surface area (Å²) in [5, 5.41) is 2.45. The van der Waals surface area contributed by atoms with Gasteiger partial charge >= 0.3 is 0 Å². The van der Waals surface area contributed by atoms with Crippen LogP contribution in [0.15, 0.2) is 60.7 Å². The van der Waals surface area contributed by atoms with Crippen molar-refractivity contribution in [3.8, 4) is 5.75 Å². The van der Waals surface area contributed by atoms with Gasteiger partial charge in [-0.2, -0.15) is 0 Å². The molecule has 2 unspecified atom stereocenters. The molecule has 1 aliphatic carbocycles. The first-order valence-corrected chi connectivity index (χ1v) is 8.94. The van der Waals surface area contributed by atoms with E-state index in [1.165, 1.54) is 21.9 Å². The first-order chi connectivity index (χ1) is 11.5. The molecular weight excluding hydrogens is 339 g/mol. The van der Waals surface area contributed by atoms with Crippen molar-refractivity contribution >= 4 is 34.0 Å². The maximum atomic E-state index is 6.73. The standard InChI is InChI=1S/C21H16Cl2O/c1-13-6-9-15(10-7-13)20-19(21(20,22)23)12-17-16-5-3-2-4-14(16)8-11-18(17)24-20/h2-11,19H,12H2,1H3. The molecule has 3 aromatic rings. The van der Waals surface area contributed by atoms with Gasteiger partial charge in [-0.1, -0.05) is 83.4 Å². The number of ether oxygens (including phenoxy) is 1. The van der Waals surface area contributed by atoms with Gasteiger partial charge in [0.1, 0.15) is 5.75 Å². The molecule has 1 fully saturated rings. The van der Waals surface area contributed by atoms with Crippen molar-refractivity contribution in [2.75, 3.05) is 0 Å². The fourth-order valence-corrected chi connectivity index (χ4v) is 5.02. The molecule has 0 bridgehead atoms. The van der Waals surface area contributed by atoms with E-state index in [4.69, 9.17) is 27.9 Å². The molecule has 0 radical (unpaired) electrons. The number of alkyl halides is 2. The van der Waals surface area contributed by atoms with E-state index in [1.54, 1.807) is 0 Å². The Morgan fingerprint density at radius 2 is 1.71 bits per heavy atom. The van der Waals surface area contributed by atoms with Crippen molar-refractivity contribution in [1.82, 2.24) is 0 Å². The van der Waals surface area contributed by atoms with Gasteiger partial charge < -0.3 is 4.74 Å². The summed E-state index contributed by atoms with van der Waals surface area (Å²) in [5.74, 6) is 0.961. The smallest absolute Gasteiger partial charge is 0.173 e. The van der Waals surface area contributed by atoms with Crippen LogP contribution in [0.5, 0.6) is 5.75 Å². The third-order valence-electron chi connectivity index (χ3n) is 5.50. The molecule has 0 spiro atoms. The summed E-state index contributed by atoms with van der Waals surface area (Å²) in [5.41, 5.74) is 2.84. The van der Waals surface area contributed by atoms with Gasteiger partial charge in [0.25, 0.3) is 0 Å². The van der Waals surface area contributed by atoms with E-state index in [0.717, 1.165) is 17.7 Å². The zero-order valence-corrected chi connectivity index (χ0v) is 14.7. The number of aryl methyl sites for hydroxylation is 1. The first kappa shape index (κ1) is 14.6. The van der Waals surface area contributed by atoms with Crippen LogP contribution in [0, 0.1) is 12.8 Å². The van der Waals surface area contributed by atoms with Crippen LogP contribution in [-0.2, 0) is 12.0 Å². The highest BCUT2D eigenvalue weighted by Crippen LogP contribution is 2.73. The minimum Gasteiger partial charge on any atom is -0.479 e. The Hall–Kier alpha value is -1.70. The van der Waals surface area contributed by atoms with Gasteiger partial charge in [0.2, 0.25) is 0 Å². The van der Waals surface area contributed by atoms with Crippen LogP contribution in [0.3, 0.4) is 0 Å². The third-order valence-corrected chi connectivity index (χ3v) is 6.59. The van der Waals surface area contributed by atoms with Crippen molar-refractivity contribution in [2.45, 2.75) is 23.3 Å². The maximum Gasteiger partial charge on any atom is 0.173 e. The number of halogens is 2. The molecule has 2 atom stereocenters. The number of rotatable bonds is 1. The second-order valence-electron chi connectivity index (χ2n) is 6.85. The zero-order chi connectivity index (χ0) is 16.5. The summed E-state index contributed by atoms with van der Waals surface area (Å²) < 4.78 is 5.58. The second-order valence-corrected chi connectivity index (χ2v) is 8.23. The monoisotopic (exact) mass is 354 g/mol. The third kappa shape index (κ3) is 1.72. The Labute approximate surface area is 151 Å². The predicted molar refractivity (Wildman–Crippen MR) is 99.1 cm³/mol. The molecule has 3 heteroatoms. The summed E-state index contributed by atoms with van der Waals surface area (Å²) in [7, 11) is 0. The van der Waals surface area contributed by atoms with E-state index >= 15 is 0 Å². The zero-order valence-electron chi connectivity index (χ0n) is 13.2. The Balaban J connectivity index is 1.68. The fourth-order valence-electron chi connectivity index (χ4n) is 4.11. The lowest BCUT2D eigenvalue weighted by molar-refractivity contribution is 0.144. The molecule has 1 aliphatic heterocycles. The minimum atomic E-state index is -0.900. The predicted octanol–water partition coefficient (Wildman–Crippen LogP) is 5.78. The summed E-state index contributed by atoms with van der Waals surface area (Å²) in [4.78, 5) is 0. The average molecular weight is 355 g/mol. The second kappa shape index (κ2) is 4.68. The number of hydrogen-bond donors (Lipinski definition) is 0. The average Bonchev–Trinajstić information content (AvgIpc) is 3.09. The lowest BCUT2D eigenvalue weighted by atomic mass is 9.93. The van der Waals surface area contributed by atoms with E-state index in [0.29, 0.717) is 0 Å². The number of fused-ring (bicyclic) bond motifs is 4. The van der Waals surface area contributed by atoms with Gasteiger partial charge in [-0.25, -0.2) is 0 Å². The van der Waals surface area contributed by atoms with Gasteiger partial charge in [0, 0.05) is 11.5 Å². The molecular formula is C21H16Cl2O. The Bertz CT molecular complexity index is 961. The van der Waals surface area contributed by atoms with Gasteiger partial charge in [-0.15, -0.1) is 0 Å². The lowest BCUT2D eigenvalue weighted by Gasteiger charge is -2.27. The van der Waals surface area contributed by atoms with E-state index in [-0.39, 0.29) is 5.92 Å². The van der Waals surface area contributed by atoms with Gasteiger partial charge in [-0.3, -0.25) is 0 Å². The molecule has 0 amide bonds. The molecule has 1 heterocycles. The van der Waals surface area contributed by atoms with Crippen LogP contribution in [0.4, 0.5) is 0 Å². The first-order valence-electron chi connectivity index (χ1n) is 8.18. The SMILES string of the molecule is Cc1ccc(C23Oc4ccc5ccccc5c4CC2C3(Cl)Cl)cc1. The Morgan fingerprint density at radius 1 is 0.958 bits per heavy atom. The number of benzene rings is 3. The van der Waals surface area contributed by atoms with Crippen molar-refractivity contribution in [3.63, 3.8) is 0 Å². The molecule has 0 aromatic heterocycles. The van der Waals surface area contributed by atoms with E-state index in [1.807, 2.05) is 6.07 Å². The van der Waals surface area contributed by atoms with E-state index < -0.39 is 9.93 Å². The molecule has 0 saturated heterocycles. The van der Waals surface area contributed by atoms with Crippen LogP contribution in [0.1, 0.15) is 16.7 Å². The molecule has 120 valence electrons. The van der Waals surface area contributed by atoms with Crippen LogP contribution in [0.2, 0.25) is 0 Å². The van der Waals surface area contributed by atoms with Crippen LogP contribution < -0.4 is 4.74 Å². The molecule has 1 nitrogen and oxygen atoms in total. The van der Waals surface area contributed by atoms with Gasteiger partial charge in [0.15, 0.2) is 9.93 Å². The van der Waals surface area contributed by atoms with E-state index in [9.17, 15) is 0 Å². The molecule has 24 heavy (non-hydrogen) atoms. The summed E-state index contributed by atoms with van der Waals surface area (Å²) in [6.45, 7) is 2.07. The number of hydrogen-bond acceptors (Lipinski definition) is 1. The Kier molecular flexibility index (Phi) is 2.85. The van der Waals surface area contributed by atoms with Crippen LogP contribution >= 0.6 is 23.2 Å². The quantitative estimate of drug-likeness (QED) is 0.503. The van der Waals surface area contributed by atoms with Gasteiger partial charge in [0.05, 0.1) is 0 Å². The maximum absolute atomic E-state index is 6.73. The largest absolute Gasteiger partial charge is 0.479 e. The highest BCUT2D eigenvalue weighted by molar-refractivity contribution is 6.52. The molecule has 2 aliphatic rings. The Morgan fingerprint density at radius 3 is 2.50 bits per heavy atom. The summed E-state index contributed by atoms with van der Waals surface area (Å²) >= 11 is 13.5. The van der Waals surface area contributed by atoms with Crippen molar-refractivity contribution < 1.29 is 4.74 Å². The van der Waals surface area contributed by atoms with Crippen molar-refractivity contribution in [3.05, 3.63) is 77.4 Å². The van der Waals surface area contributed by atoms with Crippen LogP contribution in [-0.4, -0.2) is 4.33 Å². The van der Waals surface area contributed by atoms with Crippen LogP contribution in [0.25, 0.3) is 10.8 Å². The highest BCUT2D eigenvalue weighted by atomic mass is 35.5. The van der Waals surface area contributed by atoms with Crippen molar-refractivity contribution in [2.24, 2.45) is 5.92 Å². The minimum absolute atomic E-state index is 0.0642. The topological polar surface area (TPSA) is 9.23 Å². The molecule has 1 saturated carbocycles. The molecule has 3 aromatic carbocycles. The lowest BCUT2D eigenvalue weighted by Crippen LogP contribution is -2.27.